The molecule has 8 heteroatoms. The van der Waals surface area contributed by atoms with E-state index in [2.05, 4.69) is 9.97 Å². The number of carbonyl (C=O) groups is 2. The molecule has 0 saturated heterocycles. The van der Waals surface area contributed by atoms with Crippen LogP contribution < -0.4 is 21.8 Å². The summed E-state index contributed by atoms with van der Waals surface area (Å²) in [5, 5.41) is 1.25. The summed E-state index contributed by atoms with van der Waals surface area (Å²) in [4.78, 5) is 58.4. The number of aromatic amines is 2. The van der Waals surface area contributed by atoms with E-state index < -0.39 is 22.9 Å². The molecule has 0 bridgehead atoms. The second-order valence-corrected chi connectivity index (χ2v) is 7.96. The molecule has 0 fully saturated rings. The summed E-state index contributed by atoms with van der Waals surface area (Å²) in [5.74, 6) is -1.25. The molecule has 2 N–H and O–H groups in total. The highest BCUT2D eigenvalue weighted by Gasteiger charge is 2.17. The van der Waals surface area contributed by atoms with Crippen molar-refractivity contribution in [1.82, 2.24) is 19.1 Å². The Hall–Kier alpha value is -4.72. The first-order valence-electron chi connectivity index (χ1n) is 10.6. The minimum absolute atomic E-state index is 0.187. The number of hydrogen-bond acceptors (Lipinski definition) is 4. The first-order valence-corrected chi connectivity index (χ1v) is 10.6. The van der Waals surface area contributed by atoms with Gasteiger partial charge in [-0.1, -0.05) is 36.4 Å². The van der Waals surface area contributed by atoms with E-state index in [-0.39, 0.29) is 10.7 Å². The number of hydrogen-bond donors (Lipinski definition) is 2. The lowest BCUT2D eigenvalue weighted by Crippen LogP contribution is -2.60. The molecule has 2 aromatic carbocycles. The third-order valence-electron chi connectivity index (χ3n) is 5.78. The molecule has 3 aromatic heterocycles. The Morgan fingerprint density at radius 1 is 0.676 bits per heavy atom. The van der Waals surface area contributed by atoms with Gasteiger partial charge in [0.05, 0.1) is 0 Å². The Labute approximate surface area is 192 Å². The number of fused-ring (bicyclic) bond motifs is 2. The molecule has 0 amide bonds. The molecule has 0 spiro atoms. The van der Waals surface area contributed by atoms with E-state index in [1.54, 1.807) is 12.4 Å². The smallest absolute Gasteiger partial charge is 0.282 e. The zero-order valence-electron chi connectivity index (χ0n) is 18.5. The normalized spacial score (nSPS) is 12.6. The van der Waals surface area contributed by atoms with E-state index in [1.807, 2.05) is 48.5 Å². The number of rotatable bonds is 2. The maximum absolute atomic E-state index is 13.5. The van der Waals surface area contributed by atoms with Crippen LogP contribution in [-0.2, 0) is 0 Å². The Morgan fingerprint density at radius 3 is 1.44 bits per heavy atom. The number of nitrogens with zero attached hydrogens (tertiary/aromatic N) is 2. The van der Waals surface area contributed by atoms with Crippen LogP contribution in [0.5, 0.6) is 0 Å². The summed E-state index contributed by atoms with van der Waals surface area (Å²) < 4.78 is 1.65. The van der Waals surface area contributed by atoms with Gasteiger partial charge in [-0.15, -0.1) is 0 Å². The minimum Gasteiger partial charge on any atom is -0.361 e. The quantitative estimate of drug-likeness (QED) is 0.427. The van der Waals surface area contributed by atoms with Crippen LogP contribution in [0.1, 0.15) is 34.6 Å². The van der Waals surface area contributed by atoms with Crippen LogP contribution in [0, 0.1) is 0 Å². The van der Waals surface area contributed by atoms with E-state index >= 15 is 0 Å². The highest BCUT2D eigenvalue weighted by atomic mass is 16.2. The molecule has 0 atom stereocenters. The van der Waals surface area contributed by atoms with Gasteiger partial charge in [0, 0.05) is 59.2 Å². The molecule has 0 saturated carbocycles. The van der Waals surface area contributed by atoms with Gasteiger partial charge in [0.15, 0.2) is 0 Å². The van der Waals surface area contributed by atoms with Gasteiger partial charge in [-0.2, -0.15) is 0 Å². The third-order valence-corrected chi connectivity index (χ3v) is 5.78. The maximum Gasteiger partial charge on any atom is 0.282 e. The largest absolute Gasteiger partial charge is 0.361 e. The molecular weight excluding hydrogens is 432 g/mol. The fourth-order valence-corrected chi connectivity index (χ4v) is 4.24. The predicted octanol–water partition coefficient (Wildman–Crippen LogP) is 1.95. The molecular formula is C26H20N4O4. The van der Waals surface area contributed by atoms with Crippen molar-refractivity contribution in [3.05, 3.63) is 103 Å². The monoisotopic (exact) mass is 452 g/mol. The van der Waals surface area contributed by atoms with E-state index in [0.717, 1.165) is 30.9 Å². The highest BCUT2D eigenvalue weighted by molar-refractivity contribution is 5.90. The van der Waals surface area contributed by atoms with E-state index in [1.165, 1.54) is 26.0 Å². The maximum atomic E-state index is 13.5. The fourth-order valence-electron chi connectivity index (χ4n) is 4.24. The molecule has 168 valence electrons. The van der Waals surface area contributed by atoms with Gasteiger partial charge < -0.3 is 9.97 Å². The molecule has 3 heterocycles. The SMILES string of the molecule is CC(=O)n1c(=O)/c(=C/c2c[nH]c3ccccc23)n(C(C)=O)c(=O)/c1=C/c1c[nH]c2ccccc12. The van der Waals surface area contributed by atoms with Crippen LogP contribution in [0.25, 0.3) is 34.0 Å². The van der Waals surface area contributed by atoms with Gasteiger partial charge in [-0.3, -0.25) is 19.2 Å². The topological polar surface area (TPSA) is 110 Å². The molecule has 0 aliphatic heterocycles. The van der Waals surface area contributed by atoms with Crippen molar-refractivity contribution in [2.75, 3.05) is 0 Å². The van der Waals surface area contributed by atoms with Gasteiger partial charge in [0.2, 0.25) is 11.8 Å². The Bertz CT molecular complexity index is 1730. The van der Waals surface area contributed by atoms with Crippen molar-refractivity contribution in [1.29, 1.82) is 0 Å². The second-order valence-electron chi connectivity index (χ2n) is 7.96. The molecule has 0 aliphatic carbocycles. The first kappa shape index (κ1) is 21.1. The molecule has 34 heavy (non-hydrogen) atoms. The van der Waals surface area contributed by atoms with Gasteiger partial charge >= 0.3 is 0 Å². The fraction of sp³-hybridized carbons (Fsp3) is 0.0769. The molecule has 5 aromatic rings. The van der Waals surface area contributed by atoms with E-state index in [9.17, 15) is 19.2 Å². The summed E-state index contributed by atoms with van der Waals surface area (Å²) in [6, 6.07) is 14.9. The lowest BCUT2D eigenvalue weighted by Gasteiger charge is -2.08. The van der Waals surface area contributed by atoms with Crippen molar-refractivity contribution in [3.63, 3.8) is 0 Å². The molecule has 0 radical (unpaired) electrons. The summed E-state index contributed by atoms with van der Waals surface area (Å²) in [6.07, 6.45) is 6.28. The van der Waals surface area contributed by atoms with Gasteiger partial charge in [-0.25, -0.2) is 9.13 Å². The van der Waals surface area contributed by atoms with E-state index in [0.29, 0.717) is 11.1 Å². The summed E-state index contributed by atoms with van der Waals surface area (Å²) >= 11 is 0. The number of aromatic nitrogens is 4. The number of para-hydroxylation sites is 2. The van der Waals surface area contributed by atoms with Crippen LogP contribution in [0.15, 0.2) is 70.5 Å². The molecule has 5 rings (SSSR count). The second kappa shape index (κ2) is 8.00. The standard InChI is InChI=1S/C26H20N4O4/c1-15(31)29-23(11-17-13-27-21-9-5-3-7-19(17)21)26(34)30(16(2)32)24(25(29)33)12-18-14-28-22-10-6-4-8-20(18)22/h3-14,27-28H,1-2H3/b23-11-,24-12-. The number of benzene rings is 2. The zero-order chi connectivity index (χ0) is 24.0. The van der Waals surface area contributed by atoms with Crippen LogP contribution in [0.4, 0.5) is 0 Å². The Kier molecular flexibility index (Phi) is 4.98. The van der Waals surface area contributed by atoms with Crippen LogP contribution in [-0.4, -0.2) is 30.9 Å². The predicted molar refractivity (Wildman–Crippen MR) is 131 cm³/mol. The number of H-pyrrole nitrogens is 2. The zero-order valence-corrected chi connectivity index (χ0v) is 18.5. The van der Waals surface area contributed by atoms with Crippen molar-refractivity contribution in [2.24, 2.45) is 0 Å². The van der Waals surface area contributed by atoms with Crippen LogP contribution in [0.2, 0.25) is 0 Å². The summed E-state index contributed by atoms with van der Waals surface area (Å²) in [6.45, 7) is 2.42. The van der Waals surface area contributed by atoms with Crippen molar-refractivity contribution in [3.8, 4) is 0 Å². The van der Waals surface area contributed by atoms with Gasteiger partial charge in [0.1, 0.15) is 10.7 Å². The van der Waals surface area contributed by atoms with Crippen molar-refractivity contribution < 1.29 is 9.59 Å². The van der Waals surface area contributed by atoms with Crippen molar-refractivity contribution >= 4 is 45.8 Å². The van der Waals surface area contributed by atoms with Gasteiger partial charge in [-0.05, 0) is 24.3 Å². The Morgan fingerprint density at radius 2 is 1.06 bits per heavy atom. The lowest BCUT2D eigenvalue weighted by atomic mass is 10.1. The average Bonchev–Trinajstić information content (AvgIpc) is 3.41. The third kappa shape index (κ3) is 3.32. The van der Waals surface area contributed by atoms with Crippen LogP contribution in [0.3, 0.4) is 0 Å². The van der Waals surface area contributed by atoms with Crippen LogP contribution >= 0.6 is 0 Å². The lowest BCUT2D eigenvalue weighted by molar-refractivity contribution is 0.0901. The molecule has 0 unspecified atom stereocenters. The first-order chi connectivity index (χ1) is 16.4. The van der Waals surface area contributed by atoms with E-state index in [4.69, 9.17) is 0 Å². The molecule has 8 nitrogen and oxygen atoms in total. The van der Waals surface area contributed by atoms with Gasteiger partial charge in [0.25, 0.3) is 11.1 Å². The number of carbonyl (C=O) groups excluding carboxylic acids is 2. The average molecular weight is 452 g/mol. The summed E-state index contributed by atoms with van der Waals surface area (Å²) in [7, 11) is 0. The minimum atomic E-state index is -0.751. The molecule has 0 aliphatic rings. The summed E-state index contributed by atoms with van der Waals surface area (Å²) in [5.41, 5.74) is 1.40. The highest BCUT2D eigenvalue weighted by Crippen LogP contribution is 2.18. The number of nitrogens with one attached hydrogen (secondary N) is 2. The van der Waals surface area contributed by atoms with Crippen molar-refractivity contribution in [2.45, 2.75) is 13.8 Å². The Balaban J connectivity index is 1.91.